The van der Waals surface area contributed by atoms with E-state index in [0.717, 1.165) is 44.9 Å². The van der Waals surface area contributed by atoms with Gasteiger partial charge in [-0.1, -0.05) is 161 Å². The fraction of sp³-hybridized carbons (Fsp3) is 0.900. The number of phosphoric acid groups is 1. The molecule has 0 saturated heterocycles. The van der Waals surface area contributed by atoms with E-state index in [4.69, 9.17) is 13.8 Å². The number of carbonyl (C=O) groups excluding carboxylic acids is 2. The van der Waals surface area contributed by atoms with Crippen LogP contribution in [0.25, 0.3) is 0 Å². The molecule has 0 spiro atoms. The Bertz CT molecular complexity index is 840. The highest BCUT2D eigenvalue weighted by Crippen LogP contribution is 2.42. The molecule has 0 fully saturated rings. The van der Waals surface area contributed by atoms with Crippen LogP contribution >= 0.6 is 7.82 Å². The zero-order chi connectivity index (χ0) is 36.8. The van der Waals surface area contributed by atoms with Crippen molar-refractivity contribution < 1.29 is 37.9 Å². The molecule has 2 atom stereocenters. The molecule has 0 bridgehead atoms. The van der Waals surface area contributed by atoms with E-state index >= 15 is 0 Å². The number of rotatable bonds is 39. The standard InChI is InChI=1S/C40H78NO8P/c1-3-5-7-9-11-13-15-17-19-21-23-25-27-29-31-33-40(44)47-36-38(42)37-49-50(45,46)48-35-34-41-39(43)32-30-28-26-24-22-20-18-16-14-12-10-8-6-4-2/h16,18,38,42H,3-15,17,19-37H2,1-2H3,(H,41,43)(H,45,46)/b18-16-. The van der Waals surface area contributed by atoms with Crippen LogP contribution in [0.5, 0.6) is 0 Å². The van der Waals surface area contributed by atoms with Gasteiger partial charge in [-0.05, 0) is 38.5 Å². The zero-order valence-corrected chi connectivity index (χ0v) is 33.3. The second-order valence-corrected chi connectivity index (χ2v) is 15.4. The van der Waals surface area contributed by atoms with E-state index in [-0.39, 0.29) is 32.1 Å². The number of aliphatic hydroxyl groups excluding tert-OH is 1. The van der Waals surface area contributed by atoms with Crippen LogP contribution in [0.15, 0.2) is 12.2 Å². The number of unbranched alkanes of at least 4 members (excludes halogenated alkanes) is 24. The van der Waals surface area contributed by atoms with Crippen molar-refractivity contribution in [3.8, 4) is 0 Å². The van der Waals surface area contributed by atoms with Gasteiger partial charge in [0.25, 0.3) is 0 Å². The maximum absolute atomic E-state index is 12.1. The fourth-order valence-corrected chi connectivity index (χ4v) is 6.54. The van der Waals surface area contributed by atoms with Crippen molar-refractivity contribution in [1.82, 2.24) is 5.32 Å². The summed E-state index contributed by atoms with van der Waals surface area (Å²) >= 11 is 0. The molecule has 9 nitrogen and oxygen atoms in total. The monoisotopic (exact) mass is 732 g/mol. The van der Waals surface area contributed by atoms with Crippen LogP contribution in [-0.2, 0) is 27.9 Å². The summed E-state index contributed by atoms with van der Waals surface area (Å²) < 4.78 is 26.8. The lowest BCUT2D eigenvalue weighted by atomic mass is 10.0. The minimum Gasteiger partial charge on any atom is -0.463 e. The molecule has 0 rings (SSSR count). The maximum Gasteiger partial charge on any atom is 0.472 e. The normalized spacial score (nSPS) is 13.4. The quantitative estimate of drug-likeness (QED) is 0.0246. The molecule has 0 aliphatic heterocycles. The minimum absolute atomic E-state index is 0.0805. The second-order valence-electron chi connectivity index (χ2n) is 14.0. The summed E-state index contributed by atoms with van der Waals surface area (Å²) in [6.07, 6.45) is 37.1. The van der Waals surface area contributed by atoms with Crippen molar-refractivity contribution in [2.45, 2.75) is 206 Å². The van der Waals surface area contributed by atoms with Gasteiger partial charge in [0.05, 0.1) is 13.2 Å². The highest BCUT2D eigenvalue weighted by molar-refractivity contribution is 7.47. The largest absolute Gasteiger partial charge is 0.472 e. The summed E-state index contributed by atoms with van der Waals surface area (Å²) in [6, 6.07) is 0. The molecule has 0 aromatic carbocycles. The molecule has 296 valence electrons. The fourth-order valence-electron chi connectivity index (χ4n) is 5.79. The molecule has 0 aliphatic rings. The first kappa shape index (κ1) is 48.8. The summed E-state index contributed by atoms with van der Waals surface area (Å²) in [5, 5.41) is 12.7. The first-order valence-corrected chi connectivity index (χ1v) is 22.2. The molecule has 3 N–H and O–H groups in total. The Balaban J connectivity index is 3.59. The first-order chi connectivity index (χ1) is 24.3. The number of aliphatic hydroxyl groups is 1. The van der Waals surface area contributed by atoms with Gasteiger partial charge in [0.1, 0.15) is 12.7 Å². The molecule has 0 aromatic rings. The molecule has 0 aliphatic carbocycles. The molecule has 10 heteroatoms. The van der Waals surface area contributed by atoms with E-state index in [9.17, 15) is 24.2 Å². The van der Waals surface area contributed by atoms with E-state index < -0.39 is 26.5 Å². The molecular weight excluding hydrogens is 653 g/mol. The Morgan fingerprint density at radius 2 is 1.02 bits per heavy atom. The van der Waals surface area contributed by atoms with Crippen LogP contribution in [0.1, 0.15) is 200 Å². The number of amides is 1. The van der Waals surface area contributed by atoms with E-state index in [1.54, 1.807) is 0 Å². The summed E-state index contributed by atoms with van der Waals surface area (Å²) in [7, 11) is -4.41. The summed E-state index contributed by atoms with van der Waals surface area (Å²) in [6.45, 7) is 3.55. The highest BCUT2D eigenvalue weighted by Gasteiger charge is 2.23. The Labute approximate surface area is 307 Å². The predicted octanol–water partition coefficient (Wildman–Crippen LogP) is 11.0. The maximum atomic E-state index is 12.1. The average molecular weight is 732 g/mol. The lowest BCUT2D eigenvalue weighted by molar-refractivity contribution is -0.147. The van der Waals surface area contributed by atoms with Gasteiger partial charge >= 0.3 is 13.8 Å². The van der Waals surface area contributed by atoms with Crippen LogP contribution in [0.4, 0.5) is 0 Å². The lowest BCUT2D eigenvalue weighted by Crippen LogP contribution is -2.27. The molecule has 1 amide bonds. The van der Waals surface area contributed by atoms with Gasteiger partial charge in [0.2, 0.25) is 5.91 Å². The van der Waals surface area contributed by atoms with Crippen LogP contribution in [0.2, 0.25) is 0 Å². The van der Waals surface area contributed by atoms with Gasteiger partial charge in [-0.25, -0.2) is 4.57 Å². The Kier molecular flexibility index (Phi) is 36.6. The number of esters is 1. The zero-order valence-electron chi connectivity index (χ0n) is 32.4. The first-order valence-electron chi connectivity index (χ1n) is 20.7. The third-order valence-electron chi connectivity index (χ3n) is 8.95. The van der Waals surface area contributed by atoms with Gasteiger partial charge in [0.15, 0.2) is 0 Å². The van der Waals surface area contributed by atoms with Crippen molar-refractivity contribution in [1.29, 1.82) is 0 Å². The minimum atomic E-state index is -4.41. The van der Waals surface area contributed by atoms with Crippen LogP contribution in [-0.4, -0.2) is 54.3 Å². The summed E-state index contributed by atoms with van der Waals surface area (Å²) in [5.74, 6) is -0.518. The SMILES string of the molecule is CCCCCCC/C=C\CCCCCCCC(=O)NCCOP(=O)(O)OCC(O)COC(=O)CCCCCCCCCCCCCCCCC. The van der Waals surface area contributed by atoms with E-state index in [1.807, 2.05) is 0 Å². The van der Waals surface area contributed by atoms with Crippen LogP contribution in [0.3, 0.4) is 0 Å². The second kappa shape index (κ2) is 37.5. The number of phosphoric ester groups is 1. The number of ether oxygens (including phenoxy) is 1. The van der Waals surface area contributed by atoms with Crippen molar-refractivity contribution in [2.24, 2.45) is 0 Å². The summed E-state index contributed by atoms with van der Waals surface area (Å²) in [5.41, 5.74) is 0. The third-order valence-corrected chi connectivity index (χ3v) is 9.93. The van der Waals surface area contributed by atoms with Crippen LogP contribution in [0, 0.1) is 0 Å². The highest BCUT2D eigenvalue weighted by atomic mass is 31.2. The lowest BCUT2D eigenvalue weighted by Gasteiger charge is -2.15. The van der Waals surface area contributed by atoms with Gasteiger partial charge in [-0.15, -0.1) is 0 Å². The average Bonchev–Trinajstić information content (AvgIpc) is 3.10. The number of hydrogen-bond donors (Lipinski definition) is 3. The molecule has 0 radical (unpaired) electrons. The molecule has 2 unspecified atom stereocenters. The van der Waals surface area contributed by atoms with Gasteiger partial charge < -0.3 is 20.1 Å². The Morgan fingerprint density at radius 1 is 0.600 bits per heavy atom. The topological polar surface area (TPSA) is 131 Å². The van der Waals surface area contributed by atoms with E-state index in [2.05, 4.69) is 31.3 Å². The number of carbonyl (C=O) groups is 2. The van der Waals surface area contributed by atoms with Crippen molar-refractivity contribution >= 4 is 19.7 Å². The van der Waals surface area contributed by atoms with Crippen molar-refractivity contribution in [3.05, 3.63) is 12.2 Å². The van der Waals surface area contributed by atoms with Gasteiger partial charge in [0, 0.05) is 19.4 Å². The molecule has 0 aromatic heterocycles. The van der Waals surface area contributed by atoms with Crippen LogP contribution < -0.4 is 5.32 Å². The molecule has 0 heterocycles. The van der Waals surface area contributed by atoms with Gasteiger partial charge in [-0.3, -0.25) is 18.6 Å². The molecule has 0 saturated carbocycles. The van der Waals surface area contributed by atoms with Crippen molar-refractivity contribution in [2.75, 3.05) is 26.4 Å². The van der Waals surface area contributed by atoms with Crippen molar-refractivity contribution in [3.63, 3.8) is 0 Å². The predicted molar refractivity (Wildman–Crippen MR) is 206 cm³/mol. The van der Waals surface area contributed by atoms with Gasteiger partial charge in [-0.2, -0.15) is 0 Å². The molecule has 50 heavy (non-hydrogen) atoms. The Morgan fingerprint density at radius 3 is 1.50 bits per heavy atom. The Hall–Kier alpha value is -1.25. The number of hydrogen-bond acceptors (Lipinski definition) is 7. The number of nitrogens with one attached hydrogen (secondary N) is 1. The molecular formula is C40H78NO8P. The number of allylic oxidation sites excluding steroid dienone is 2. The third kappa shape index (κ3) is 38.0. The van der Waals surface area contributed by atoms with E-state index in [0.29, 0.717) is 6.42 Å². The smallest absolute Gasteiger partial charge is 0.463 e. The summed E-state index contributed by atoms with van der Waals surface area (Å²) in [4.78, 5) is 33.8. The van der Waals surface area contributed by atoms with E-state index in [1.165, 1.54) is 128 Å².